The van der Waals surface area contributed by atoms with Crippen LogP contribution in [0.2, 0.25) is 0 Å². The molecule has 2 N–H and O–H groups in total. The molecule has 0 bridgehead atoms. The van der Waals surface area contributed by atoms with Crippen molar-refractivity contribution in [2.45, 2.75) is 39.7 Å². The average molecular weight is 417 g/mol. The third-order valence-corrected chi connectivity index (χ3v) is 5.83. The Hall–Kier alpha value is -2.74. The van der Waals surface area contributed by atoms with Crippen LogP contribution in [-0.2, 0) is 16.0 Å². The number of aryl methyl sites for hydroxylation is 2. The van der Waals surface area contributed by atoms with Crippen LogP contribution in [0.5, 0.6) is 0 Å². The van der Waals surface area contributed by atoms with Crippen LogP contribution in [0.1, 0.15) is 30.0 Å². The first-order chi connectivity index (χ1) is 13.8. The van der Waals surface area contributed by atoms with E-state index in [0.717, 1.165) is 22.1 Å². The third kappa shape index (κ3) is 4.48. The molecule has 2 aromatic heterocycles. The molecule has 0 unspecified atom stereocenters. The summed E-state index contributed by atoms with van der Waals surface area (Å²) >= 11 is 1.61. The van der Waals surface area contributed by atoms with Crippen LogP contribution >= 0.6 is 11.8 Å². The Balaban J connectivity index is 1.87. The number of nitrogens with one attached hydrogen (secondary N) is 1. The predicted molar refractivity (Wildman–Crippen MR) is 113 cm³/mol. The van der Waals surface area contributed by atoms with Gasteiger partial charge in [0, 0.05) is 16.8 Å². The molecule has 1 atom stereocenters. The number of benzene rings is 1. The lowest BCUT2D eigenvalue weighted by atomic mass is 10.0. The van der Waals surface area contributed by atoms with E-state index in [1.165, 1.54) is 0 Å². The van der Waals surface area contributed by atoms with Crippen molar-refractivity contribution in [3.8, 4) is 0 Å². The van der Waals surface area contributed by atoms with Gasteiger partial charge in [0.05, 0.1) is 18.2 Å². The predicted octanol–water partition coefficient (Wildman–Crippen LogP) is 3.41. The van der Waals surface area contributed by atoms with E-state index in [-0.39, 0.29) is 12.0 Å². The molecule has 3 rings (SSSR count). The maximum atomic E-state index is 12.5. The molecule has 1 amide bonds. The third-order valence-electron chi connectivity index (χ3n) is 4.90. The maximum Gasteiger partial charge on any atom is 0.340 e. The molecule has 0 saturated heterocycles. The molecule has 1 aromatic carbocycles. The molecule has 0 fully saturated rings. The van der Waals surface area contributed by atoms with Gasteiger partial charge in [-0.05, 0) is 49.0 Å². The molecule has 0 saturated carbocycles. The smallest absolute Gasteiger partial charge is 0.340 e. The van der Waals surface area contributed by atoms with Gasteiger partial charge in [-0.1, -0.05) is 6.92 Å². The molecule has 2 heterocycles. The summed E-state index contributed by atoms with van der Waals surface area (Å²) in [4.78, 5) is 36.3. The highest BCUT2D eigenvalue weighted by Gasteiger charge is 2.22. The van der Waals surface area contributed by atoms with Crippen LogP contribution < -0.4 is 10.9 Å². The molecule has 0 aliphatic rings. The number of carboxylic acids is 1. The number of aliphatic carboxylic acids is 1. The van der Waals surface area contributed by atoms with Gasteiger partial charge in [-0.25, -0.2) is 9.59 Å². The number of carbonyl (C=O) groups is 2. The highest BCUT2D eigenvalue weighted by molar-refractivity contribution is 7.99. The largest absolute Gasteiger partial charge is 0.480 e. The van der Waals surface area contributed by atoms with Crippen LogP contribution in [0.4, 0.5) is 0 Å². The average Bonchev–Trinajstić information content (AvgIpc) is 3.03. The lowest BCUT2D eigenvalue weighted by Gasteiger charge is -2.14. The quantitative estimate of drug-likeness (QED) is 0.427. The Morgan fingerprint density at radius 1 is 1.21 bits per heavy atom. The van der Waals surface area contributed by atoms with Gasteiger partial charge >= 0.3 is 11.6 Å². The summed E-state index contributed by atoms with van der Waals surface area (Å²) in [6, 6.07) is 2.56. The summed E-state index contributed by atoms with van der Waals surface area (Å²) in [5, 5.41) is 13.5. The Labute approximate surface area is 171 Å². The number of hydrogen-bond acceptors (Lipinski definition) is 6. The van der Waals surface area contributed by atoms with Crippen molar-refractivity contribution < 1.29 is 23.5 Å². The van der Waals surface area contributed by atoms with E-state index in [1.807, 2.05) is 19.9 Å². The fourth-order valence-electron chi connectivity index (χ4n) is 3.25. The fourth-order valence-corrected chi connectivity index (χ4v) is 3.94. The Morgan fingerprint density at radius 2 is 1.97 bits per heavy atom. The second-order valence-corrected chi connectivity index (χ2v) is 8.27. The summed E-state index contributed by atoms with van der Waals surface area (Å²) in [6.07, 6.45) is 1.72. The standard InChI is InChI=1S/C21H23NO6S/c1-4-29-6-5-16(20(24)25)22-19(23)8-15-12(3)14-7-13-11(2)10-27-17(13)9-18(14)28-21(15)26/h7,9-10,16H,4-6,8H2,1-3H3,(H,22,23)(H,24,25)/t16-/m1/s1. The van der Waals surface area contributed by atoms with Gasteiger partial charge in [-0.3, -0.25) is 4.79 Å². The molecular weight excluding hydrogens is 394 g/mol. The van der Waals surface area contributed by atoms with Crippen molar-refractivity contribution in [3.05, 3.63) is 45.5 Å². The number of hydrogen-bond donors (Lipinski definition) is 2. The second kappa shape index (κ2) is 8.73. The first-order valence-corrected chi connectivity index (χ1v) is 10.5. The lowest BCUT2D eigenvalue weighted by molar-refractivity contribution is -0.141. The second-order valence-electron chi connectivity index (χ2n) is 6.88. The van der Waals surface area contributed by atoms with Gasteiger partial charge in [0.25, 0.3) is 0 Å². The van der Waals surface area contributed by atoms with Gasteiger partial charge < -0.3 is 19.3 Å². The van der Waals surface area contributed by atoms with Crippen molar-refractivity contribution in [2.75, 3.05) is 11.5 Å². The van der Waals surface area contributed by atoms with Crippen LogP contribution in [0.25, 0.3) is 21.9 Å². The maximum absolute atomic E-state index is 12.5. The van der Waals surface area contributed by atoms with Gasteiger partial charge in [0.15, 0.2) is 0 Å². The van der Waals surface area contributed by atoms with Crippen molar-refractivity contribution >= 4 is 45.6 Å². The number of carboxylic acid groups (broad SMARTS) is 1. The number of carbonyl (C=O) groups excluding carboxylic acids is 1. The summed E-state index contributed by atoms with van der Waals surface area (Å²) in [7, 11) is 0. The molecule has 7 nitrogen and oxygen atoms in total. The van der Waals surface area contributed by atoms with Crippen LogP contribution in [0.15, 0.2) is 32.0 Å². The van der Waals surface area contributed by atoms with Crippen molar-refractivity contribution in [1.29, 1.82) is 0 Å². The van der Waals surface area contributed by atoms with E-state index < -0.39 is 23.5 Å². The zero-order valence-corrected chi connectivity index (χ0v) is 17.4. The minimum Gasteiger partial charge on any atom is -0.480 e. The van der Waals surface area contributed by atoms with E-state index in [1.54, 1.807) is 31.0 Å². The summed E-state index contributed by atoms with van der Waals surface area (Å²) in [6.45, 7) is 5.67. The number of amides is 1. The zero-order valence-electron chi connectivity index (χ0n) is 16.5. The molecule has 29 heavy (non-hydrogen) atoms. The molecule has 0 radical (unpaired) electrons. The molecule has 8 heteroatoms. The number of thioether (sulfide) groups is 1. The fraction of sp³-hybridized carbons (Fsp3) is 0.381. The van der Waals surface area contributed by atoms with E-state index >= 15 is 0 Å². The van der Waals surface area contributed by atoms with E-state index in [0.29, 0.717) is 28.9 Å². The van der Waals surface area contributed by atoms with Crippen LogP contribution in [0.3, 0.4) is 0 Å². The minimum absolute atomic E-state index is 0.225. The summed E-state index contributed by atoms with van der Waals surface area (Å²) < 4.78 is 10.9. The molecular formula is C21H23NO6S. The van der Waals surface area contributed by atoms with Gasteiger partial charge in [-0.15, -0.1) is 0 Å². The Morgan fingerprint density at radius 3 is 2.66 bits per heavy atom. The van der Waals surface area contributed by atoms with Crippen LogP contribution in [0, 0.1) is 13.8 Å². The summed E-state index contributed by atoms with van der Waals surface area (Å²) in [5.41, 5.74) is 2.22. The van der Waals surface area contributed by atoms with E-state index in [2.05, 4.69) is 5.32 Å². The molecule has 3 aromatic rings. The Kier molecular flexibility index (Phi) is 6.32. The van der Waals surface area contributed by atoms with Crippen molar-refractivity contribution in [1.82, 2.24) is 5.32 Å². The Bertz CT molecular complexity index is 1130. The van der Waals surface area contributed by atoms with Gasteiger partial charge in [0.2, 0.25) is 5.91 Å². The number of rotatable bonds is 8. The highest BCUT2D eigenvalue weighted by atomic mass is 32.2. The zero-order chi connectivity index (χ0) is 21.1. The van der Waals surface area contributed by atoms with Crippen molar-refractivity contribution in [2.24, 2.45) is 0 Å². The van der Waals surface area contributed by atoms with E-state index in [9.17, 15) is 19.5 Å². The molecule has 0 aliphatic carbocycles. The number of furan rings is 1. The van der Waals surface area contributed by atoms with Gasteiger partial charge in [0.1, 0.15) is 17.2 Å². The first-order valence-electron chi connectivity index (χ1n) is 9.35. The first kappa shape index (κ1) is 21.0. The summed E-state index contributed by atoms with van der Waals surface area (Å²) in [5.74, 6) is -0.101. The highest BCUT2D eigenvalue weighted by Crippen LogP contribution is 2.28. The number of fused-ring (bicyclic) bond motifs is 2. The molecule has 154 valence electrons. The lowest BCUT2D eigenvalue weighted by Crippen LogP contribution is -2.42. The monoisotopic (exact) mass is 417 g/mol. The SMILES string of the molecule is CCSCC[C@@H](NC(=O)Cc1c(C)c2cc3c(C)coc3cc2oc1=O)C(=O)O. The van der Waals surface area contributed by atoms with E-state index in [4.69, 9.17) is 8.83 Å². The van der Waals surface area contributed by atoms with Crippen molar-refractivity contribution in [3.63, 3.8) is 0 Å². The normalized spacial score (nSPS) is 12.4. The molecule has 0 aliphatic heterocycles. The minimum atomic E-state index is -1.09. The topological polar surface area (TPSA) is 110 Å². The molecule has 0 spiro atoms. The van der Waals surface area contributed by atoms with Crippen LogP contribution in [-0.4, -0.2) is 34.5 Å². The van der Waals surface area contributed by atoms with Gasteiger partial charge in [-0.2, -0.15) is 11.8 Å².